The summed E-state index contributed by atoms with van der Waals surface area (Å²) in [5.41, 5.74) is 2.27. The Morgan fingerprint density at radius 1 is 1.07 bits per heavy atom. The van der Waals surface area contributed by atoms with Gasteiger partial charge in [-0.1, -0.05) is 24.3 Å². The monoisotopic (exact) mass is 368 g/mol. The van der Waals surface area contributed by atoms with Crippen molar-refractivity contribution in [2.75, 3.05) is 44.9 Å². The first-order valence-electron chi connectivity index (χ1n) is 9.26. The van der Waals surface area contributed by atoms with E-state index >= 15 is 0 Å². The Morgan fingerprint density at radius 2 is 1.78 bits per heavy atom. The fourth-order valence-electron chi connectivity index (χ4n) is 3.37. The van der Waals surface area contributed by atoms with E-state index in [0.717, 1.165) is 31.9 Å². The topological polar surface area (TPSA) is 51.2 Å². The van der Waals surface area contributed by atoms with Crippen molar-refractivity contribution >= 4 is 11.6 Å². The first-order valence-corrected chi connectivity index (χ1v) is 9.26. The molecule has 1 fully saturated rings. The van der Waals surface area contributed by atoms with Crippen molar-refractivity contribution in [3.8, 4) is 11.5 Å². The molecule has 1 saturated heterocycles. The summed E-state index contributed by atoms with van der Waals surface area (Å²) in [6.45, 7) is 4.13. The molecule has 6 heteroatoms. The third kappa shape index (κ3) is 4.01. The minimum Gasteiger partial charge on any atom is -0.485 e. The lowest BCUT2D eigenvalue weighted by atomic mass is 10.1. The maximum absolute atomic E-state index is 12.7. The molecule has 2 heterocycles. The highest BCUT2D eigenvalue weighted by Crippen LogP contribution is 2.31. The van der Waals surface area contributed by atoms with Crippen molar-refractivity contribution in [2.24, 2.45) is 0 Å². The van der Waals surface area contributed by atoms with Crippen LogP contribution in [0.2, 0.25) is 0 Å². The second-order valence-corrected chi connectivity index (χ2v) is 6.82. The zero-order chi connectivity index (χ0) is 18.6. The largest absolute Gasteiger partial charge is 0.485 e. The maximum Gasteiger partial charge on any atom is 0.267 e. The van der Waals surface area contributed by atoms with Crippen LogP contribution in [0, 0.1) is 0 Å². The molecular weight excluding hydrogens is 344 g/mol. The van der Waals surface area contributed by atoms with Gasteiger partial charge in [-0.05, 0) is 29.8 Å². The average molecular weight is 368 g/mol. The van der Waals surface area contributed by atoms with Crippen LogP contribution in [0.15, 0.2) is 48.5 Å². The van der Waals surface area contributed by atoms with Gasteiger partial charge in [0.05, 0.1) is 13.2 Å². The number of carbonyl (C=O) groups excluding carboxylic acids is 1. The van der Waals surface area contributed by atoms with Gasteiger partial charge in [0.2, 0.25) is 6.10 Å². The Bertz CT molecular complexity index is 787. The highest BCUT2D eigenvalue weighted by molar-refractivity contribution is 5.81. The smallest absolute Gasteiger partial charge is 0.267 e. The van der Waals surface area contributed by atoms with Gasteiger partial charge in [0.15, 0.2) is 11.5 Å². The normalized spacial score (nSPS) is 18.9. The minimum absolute atomic E-state index is 0.0817. The summed E-state index contributed by atoms with van der Waals surface area (Å²) < 4.78 is 16.9. The number of ether oxygens (including phenoxy) is 3. The molecule has 1 atom stereocenters. The maximum atomic E-state index is 12.7. The number of carbonyl (C=O) groups is 1. The molecule has 0 aliphatic carbocycles. The fourth-order valence-corrected chi connectivity index (χ4v) is 3.37. The van der Waals surface area contributed by atoms with E-state index in [-0.39, 0.29) is 12.5 Å². The molecule has 0 radical (unpaired) electrons. The minimum atomic E-state index is -0.613. The van der Waals surface area contributed by atoms with E-state index in [0.29, 0.717) is 18.0 Å². The molecular formula is C21H24N2O4. The molecule has 2 aliphatic rings. The van der Waals surface area contributed by atoms with Gasteiger partial charge in [-0.2, -0.15) is 0 Å². The van der Waals surface area contributed by atoms with E-state index in [1.165, 1.54) is 5.69 Å². The van der Waals surface area contributed by atoms with Gasteiger partial charge >= 0.3 is 0 Å². The Morgan fingerprint density at radius 3 is 2.52 bits per heavy atom. The van der Waals surface area contributed by atoms with Crippen LogP contribution in [0.1, 0.15) is 5.56 Å². The zero-order valence-electron chi connectivity index (χ0n) is 15.5. The number of hydrogen-bond acceptors (Lipinski definition) is 5. The SMILES string of the molecule is CN(Cc1ccc(N2CCOCC2)cc1)C(=O)C1COc2ccccc2O1. The van der Waals surface area contributed by atoms with Crippen LogP contribution >= 0.6 is 0 Å². The molecule has 2 aliphatic heterocycles. The Balaban J connectivity index is 1.36. The Kier molecular flexibility index (Phi) is 5.16. The van der Waals surface area contributed by atoms with Crippen molar-refractivity contribution in [1.82, 2.24) is 4.90 Å². The van der Waals surface area contributed by atoms with Gasteiger partial charge in [0, 0.05) is 32.4 Å². The van der Waals surface area contributed by atoms with Crippen LogP contribution in [-0.2, 0) is 16.1 Å². The number of benzene rings is 2. The molecule has 6 nitrogen and oxygen atoms in total. The highest BCUT2D eigenvalue weighted by atomic mass is 16.6. The van der Waals surface area contributed by atoms with E-state index in [2.05, 4.69) is 29.2 Å². The van der Waals surface area contributed by atoms with Crippen LogP contribution in [0.4, 0.5) is 5.69 Å². The number of rotatable bonds is 4. The van der Waals surface area contributed by atoms with Crippen molar-refractivity contribution in [3.05, 3.63) is 54.1 Å². The lowest BCUT2D eigenvalue weighted by Gasteiger charge is -2.30. The number of morpholine rings is 1. The number of hydrogen-bond donors (Lipinski definition) is 0. The highest BCUT2D eigenvalue weighted by Gasteiger charge is 2.29. The van der Waals surface area contributed by atoms with E-state index in [1.54, 1.807) is 11.9 Å². The van der Waals surface area contributed by atoms with Gasteiger partial charge in [0.25, 0.3) is 5.91 Å². The van der Waals surface area contributed by atoms with E-state index in [4.69, 9.17) is 14.2 Å². The van der Waals surface area contributed by atoms with Crippen LogP contribution < -0.4 is 14.4 Å². The van der Waals surface area contributed by atoms with Gasteiger partial charge in [-0.25, -0.2) is 0 Å². The molecule has 0 N–H and O–H groups in total. The molecule has 27 heavy (non-hydrogen) atoms. The van der Waals surface area contributed by atoms with Crippen molar-refractivity contribution < 1.29 is 19.0 Å². The first-order chi connectivity index (χ1) is 13.2. The summed E-state index contributed by atoms with van der Waals surface area (Å²) in [5, 5.41) is 0. The van der Waals surface area contributed by atoms with Crippen LogP contribution in [0.5, 0.6) is 11.5 Å². The number of anilines is 1. The number of fused-ring (bicyclic) bond motifs is 1. The fraction of sp³-hybridized carbons (Fsp3) is 0.381. The standard InChI is InChI=1S/C21H24N2O4/c1-22(21(24)20-15-26-18-4-2-3-5-19(18)27-20)14-16-6-8-17(9-7-16)23-10-12-25-13-11-23/h2-9,20H,10-15H2,1H3. The quantitative estimate of drug-likeness (QED) is 0.829. The summed E-state index contributed by atoms with van der Waals surface area (Å²) in [7, 11) is 1.79. The Hall–Kier alpha value is -2.73. The third-order valence-electron chi connectivity index (χ3n) is 4.89. The first kappa shape index (κ1) is 17.7. The molecule has 2 aromatic rings. The van der Waals surface area contributed by atoms with E-state index in [1.807, 2.05) is 24.3 Å². The van der Waals surface area contributed by atoms with Crippen LogP contribution in [0.25, 0.3) is 0 Å². The number of nitrogens with zero attached hydrogens (tertiary/aromatic N) is 2. The Labute approximate surface area is 159 Å². The van der Waals surface area contributed by atoms with E-state index < -0.39 is 6.10 Å². The summed E-state index contributed by atoms with van der Waals surface area (Å²) in [5.74, 6) is 1.22. The molecule has 1 unspecified atom stereocenters. The van der Waals surface area contributed by atoms with Crippen molar-refractivity contribution in [3.63, 3.8) is 0 Å². The lowest BCUT2D eigenvalue weighted by molar-refractivity contribution is -0.140. The zero-order valence-corrected chi connectivity index (χ0v) is 15.5. The molecule has 142 valence electrons. The number of para-hydroxylation sites is 2. The van der Waals surface area contributed by atoms with Crippen LogP contribution in [0.3, 0.4) is 0 Å². The van der Waals surface area contributed by atoms with E-state index in [9.17, 15) is 4.79 Å². The predicted octanol–water partition coefficient (Wildman–Crippen LogP) is 2.32. The van der Waals surface area contributed by atoms with Gasteiger partial charge < -0.3 is 24.0 Å². The van der Waals surface area contributed by atoms with Gasteiger partial charge in [-0.15, -0.1) is 0 Å². The lowest BCUT2D eigenvalue weighted by Crippen LogP contribution is -2.44. The van der Waals surface area contributed by atoms with Crippen molar-refractivity contribution in [2.45, 2.75) is 12.6 Å². The third-order valence-corrected chi connectivity index (χ3v) is 4.89. The second-order valence-electron chi connectivity index (χ2n) is 6.82. The second kappa shape index (κ2) is 7.88. The molecule has 1 amide bonds. The molecule has 0 bridgehead atoms. The predicted molar refractivity (Wildman–Crippen MR) is 102 cm³/mol. The number of amides is 1. The molecule has 2 aromatic carbocycles. The van der Waals surface area contributed by atoms with Crippen LogP contribution in [-0.4, -0.2) is 56.9 Å². The molecule has 0 aromatic heterocycles. The molecule has 0 spiro atoms. The summed E-state index contributed by atoms with van der Waals surface area (Å²) in [4.78, 5) is 16.7. The molecule has 4 rings (SSSR count). The van der Waals surface area contributed by atoms with Gasteiger partial charge in [-0.3, -0.25) is 4.79 Å². The van der Waals surface area contributed by atoms with Crippen molar-refractivity contribution in [1.29, 1.82) is 0 Å². The summed E-state index contributed by atoms with van der Waals surface area (Å²) in [6, 6.07) is 15.8. The van der Waals surface area contributed by atoms with Gasteiger partial charge in [0.1, 0.15) is 6.61 Å². The average Bonchev–Trinajstić information content (AvgIpc) is 2.74. The summed E-state index contributed by atoms with van der Waals surface area (Å²) in [6.07, 6.45) is -0.613. The number of likely N-dealkylation sites (N-methyl/N-ethyl adjacent to an activating group) is 1. The molecule has 0 saturated carbocycles. The summed E-state index contributed by atoms with van der Waals surface area (Å²) >= 11 is 0.